The fourth-order valence-corrected chi connectivity index (χ4v) is 2.47. The molecular weight excluding hydrogens is 188 g/mol. The highest BCUT2D eigenvalue weighted by molar-refractivity contribution is 5.77. The number of rotatable bonds is 4. The van der Waals surface area contributed by atoms with Crippen molar-refractivity contribution in [2.24, 2.45) is 11.1 Å². The Morgan fingerprint density at radius 2 is 1.93 bits per heavy atom. The molecule has 0 aliphatic heterocycles. The lowest BCUT2D eigenvalue weighted by molar-refractivity contribution is -0.124. The fourth-order valence-electron chi connectivity index (χ4n) is 2.47. The summed E-state index contributed by atoms with van der Waals surface area (Å²) in [6.07, 6.45) is 6.61. The molecule has 1 amide bonds. The van der Waals surface area contributed by atoms with Gasteiger partial charge in [-0.15, -0.1) is 0 Å². The Hall–Kier alpha value is -0.570. The molecule has 0 radical (unpaired) electrons. The molecule has 0 aromatic heterocycles. The SMILES string of the molecule is CC(C)NC(=O)CC1(CN)CCCCC1. The van der Waals surface area contributed by atoms with Crippen LogP contribution in [0.4, 0.5) is 0 Å². The second-order valence-electron chi connectivity index (χ2n) is 5.16. The van der Waals surface area contributed by atoms with Crippen LogP contribution >= 0.6 is 0 Å². The number of carbonyl (C=O) groups is 1. The summed E-state index contributed by atoms with van der Waals surface area (Å²) in [5.74, 6) is 0.164. The zero-order chi connectivity index (χ0) is 11.3. The van der Waals surface area contributed by atoms with Gasteiger partial charge in [-0.1, -0.05) is 19.3 Å². The number of nitrogens with one attached hydrogen (secondary N) is 1. The van der Waals surface area contributed by atoms with Gasteiger partial charge in [0.05, 0.1) is 0 Å². The van der Waals surface area contributed by atoms with Gasteiger partial charge < -0.3 is 11.1 Å². The molecule has 88 valence electrons. The van der Waals surface area contributed by atoms with Gasteiger partial charge >= 0.3 is 0 Å². The van der Waals surface area contributed by atoms with E-state index in [1.807, 2.05) is 13.8 Å². The zero-order valence-corrected chi connectivity index (χ0v) is 10.0. The Kier molecular flexibility index (Phi) is 4.58. The van der Waals surface area contributed by atoms with Gasteiger partial charge in [0, 0.05) is 12.5 Å². The second kappa shape index (κ2) is 5.50. The first-order chi connectivity index (χ1) is 7.08. The average Bonchev–Trinajstić information content (AvgIpc) is 2.17. The summed E-state index contributed by atoms with van der Waals surface area (Å²) in [6.45, 7) is 4.64. The van der Waals surface area contributed by atoms with Crippen LogP contribution in [0.1, 0.15) is 52.4 Å². The number of hydrogen-bond acceptors (Lipinski definition) is 2. The fraction of sp³-hybridized carbons (Fsp3) is 0.917. The molecule has 0 unspecified atom stereocenters. The van der Waals surface area contributed by atoms with Crippen molar-refractivity contribution >= 4 is 5.91 Å². The summed E-state index contributed by atoms with van der Waals surface area (Å²) in [6, 6.07) is 0.232. The van der Waals surface area contributed by atoms with Gasteiger partial charge in [0.1, 0.15) is 0 Å². The number of carbonyl (C=O) groups excluding carboxylic acids is 1. The lowest BCUT2D eigenvalue weighted by atomic mass is 9.71. The smallest absolute Gasteiger partial charge is 0.220 e. The molecule has 0 aromatic rings. The van der Waals surface area contributed by atoms with Crippen LogP contribution in [0.15, 0.2) is 0 Å². The normalized spacial score (nSPS) is 20.3. The second-order valence-corrected chi connectivity index (χ2v) is 5.16. The maximum absolute atomic E-state index is 11.7. The molecule has 0 atom stereocenters. The Morgan fingerprint density at radius 3 is 2.40 bits per heavy atom. The van der Waals surface area contributed by atoms with Gasteiger partial charge in [0.15, 0.2) is 0 Å². The van der Waals surface area contributed by atoms with E-state index >= 15 is 0 Å². The number of amides is 1. The van der Waals surface area contributed by atoms with Crippen molar-refractivity contribution in [2.45, 2.75) is 58.4 Å². The third-order valence-electron chi connectivity index (χ3n) is 3.33. The third kappa shape index (κ3) is 3.82. The highest BCUT2D eigenvalue weighted by atomic mass is 16.1. The summed E-state index contributed by atoms with van der Waals surface area (Å²) in [5, 5.41) is 2.95. The van der Waals surface area contributed by atoms with E-state index in [9.17, 15) is 4.79 Å². The molecule has 1 fully saturated rings. The standard InChI is InChI=1S/C12H24N2O/c1-10(2)14-11(15)8-12(9-13)6-4-3-5-7-12/h10H,3-9,13H2,1-2H3,(H,14,15). The molecule has 0 aromatic carbocycles. The lowest BCUT2D eigenvalue weighted by Gasteiger charge is -2.35. The van der Waals surface area contributed by atoms with Crippen molar-refractivity contribution in [2.75, 3.05) is 6.54 Å². The third-order valence-corrected chi connectivity index (χ3v) is 3.33. The lowest BCUT2D eigenvalue weighted by Crippen LogP contribution is -2.40. The van der Waals surface area contributed by atoms with E-state index < -0.39 is 0 Å². The van der Waals surface area contributed by atoms with Gasteiger partial charge in [0.25, 0.3) is 0 Å². The highest BCUT2D eigenvalue weighted by Gasteiger charge is 2.32. The molecular formula is C12H24N2O. The summed E-state index contributed by atoms with van der Waals surface area (Å²) < 4.78 is 0. The molecule has 3 heteroatoms. The Labute approximate surface area is 92.8 Å². The van der Waals surface area contributed by atoms with E-state index in [1.165, 1.54) is 19.3 Å². The van der Waals surface area contributed by atoms with Crippen molar-refractivity contribution in [3.8, 4) is 0 Å². The van der Waals surface area contributed by atoms with Crippen LogP contribution in [0.2, 0.25) is 0 Å². The topological polar surface area (TPSA) is 55.1 Å². The largest absolute Gasteiger partial charge is 0.354 e. The first kappa shape index (κ1) is 12.5. The predicted molar refractivity (Wildman–Crippen MR) is 62.5 cm³/mol. The first-order valence-corrected chi connectivity index (χ1v) is 6.07. The molecule has 1 rings (SSSR count). The number of nitrogens with two attached hydrogens (primary N) is 1. The quantitative estimate of drug-likeness (QED) is 0.746. The van der Waals surface area contributed by atoms with Gasteiger partial charge in [-0.2, -0.15) is 0 Å². The Balaban J connectivity index is 2.47. The van der Waals surface area contributed by atoms with E-state index in [0.717, 1.165) is 12.8 Å². The van der Waals surface area contributed by atoms with Crippen LogP contribution in [0.5, 0.6) is 0 Å². The minimum atomic E-state index is 0.0945. The first-order valence-electron chi connectivity index (χ1n) is 6.07. The molecule has 0 saturated heterocycles. The van der Waals surface area contributed by atoms with Crippen LogP contribution in [0.3, 0.4) is 0 Å². The summed E-state index contributed by atoms with van der Waals surface area (Å²) in [7, 11) is 0. The average molecular weight is 212 g/mol. The molecule has 1 aliphatic carbocycles. The molecule has 0 bridgehead atoms. The van der Waals surface area contributed by atoms with E-state index in [4.69, 9.17) is 5.73 Å². The maximum Gasteiger partial charge on any atom is 0.220 e. The van der Waals surface area contributed by atoms with E-state index in [2.05, 4.69) is 5.32 Å². The zero-order valence-electron chi connectivity index (χ0n) is 10.0. The Morgan fingerprint density at radius 1 is 1.33 bits per heavy atom. The predicted octanol–water partition coefficient (Wildman–Crippen LogP) is 1.81. The minimum absolute atomic E-state index is 0.0945. The van der Waals surface area contributed by atoms with Crippen LogP contribution < -0.4 is 11.1 Å². The van der Waals surface area contributed by atoms with Crippen molar-refractivity contribution in [1.29, 1.82) is 0 Å². The van der Waals surface area contributed by atoms with Crippen LogP contribution in [-0.4, -0.2) is 18.5 Å². The van der Waals surface area contributed by atoms with Crippen molar-refractivity contribution < 1.29 is 4.79 Å². The van der Waals surface area contributed by atoms with Crippen LogP contribution in [0.25, 0.3) is 0 Å². The molecule has 1 aliphatic rings. The van der Waals surface area contributed by atoms with Crippen LogP contribution in [-0.2, 0) is 4.79 Å². The van der Waals surface area contributed by atoms with Crippen molar-refractivity contribution in [3.63, 3.8) is 0 Å². The molecule has 0 spiro atoms. The summed E-state index contributed by atoms with van der Waals surface area (Å²) in [5.41, 5.74) is 5.93. The molecule has 1 saturated carbocycles. The van der Waals surface area contributed by atoms with Gasteiger partial charge in [-0.25, -0.2) is 0 Å². The van der Waals surface area contributed by atoms with E-state index in [0.29, 0.717) is 13.0 Å². The highest BCUT2D eigenvalue weighted by Crippen LogP contribution is 2.38. The van der Waals surface area contributed by atoms with Crippen molar-refractivity contribution in [3.05, 3.63) is 0 Å². The van der Waals surface area contributed by atoms with Crippen molar-refractivity contribution in [1.82, 2.24) is 5.32 Å². The molecule has 3 nitrogen and oxygen atoms in total. The monoisotopic (exact) mass is 212 g/mol. The summed E-state index contributed by atoms with van der Waals surface area (Å²) in [4.78, 5) is 11.7. The van der Waals surface area contributed by atoms with Gasteiger partial charge in [-0.05, 0) is 38.6 Å². The Bertz CT molecular complexity index is 208. The molecule has 0 heterocycles. The molecule has 15 heavy (non-hydrogen) atoms. The number of hydrogen-bond donors (Lipinski definition) is 2. The van der Waals surface area contributed by atoms with E-state index in [-0.39, 0.29) is 17.4 Å². The van der Waals surface area contributed by atoms with Crippen LogP contribution in [0, 0.1) is 5.41 Å². The molecule has 3 N–H and O–H groups in total. The van der Waals surface area contributed by atoms with E-state index in [1.54, 1.807) is 0 Å². The van der Waals surface area contributed by atoms with Gasteiger partial charge in [0.2, 0.25) is 5.91 Å². The minimum Gasteiger partial charge on any atom is -0.354 e. The summed E-state index contributed by atoms with van der Waals surface area (Å²) >= 11 is 0. The maximum atomic E-state index is 11.7. The van der Waals surface area contributed by atoms with Gasteiger partial charge in [-0.3, -0.25) is 4.79 Å².